The third-order valence-corrected chi connectivity index (χ3v) is 0. The standard InChI is InChI=1S/BHO2.Li.H/c2-1-3;;/h2H;;/q;+1;-1. The summed E-state index contributed by atoms with van der Waals surface area (Å²) in [5.74, 6) is 0. The van der Waals surface area contributed by atoms with E-state index in [1.54, 1.807) is 0 Å². The quantitative estimate of drug-likeness (QED) is 0.285. The molecule has 0 aromatic heterocycles. The van der Waals surface area contributed by atoms with Crippen LogP contribution in [0, 0.1) is 0 Å². The molecule has 0 spiro atoms. The van der Waals surface area contributed by atoms with E-state index in [1.807, 2.05) is 0 Å². The number of hydrogen-bond acceptors (Lipinski definition) is 1. The van der Waals surface area contributed by atoms with Crippen molar-refractivity contribution in [1.82, 2.24) is 0 Å². The van der Waals surface area contributed by atoms with Gasteiger partial charge in [-0.15, -0.1) is 0 Å². The van der Waals surface area contributed by atoms with Crippen molar-refractivity contribution in [1.29, 1.82) is 0 Å². The van der Waals surface area contributed by atoms with Crippen LogP contribution in [0.25, 0.3) is 0 Å². The molecule has 0 aliphatic rings. The monoisotopic (exact) mass is 52.0 g/mol. The first-order chi connectivity index (χ1) is 1.41. The van der Waals surface area contributed by atoms with Crippen LogP contribution in [0.15, 0.2) is 0 Å². The van der Waals surface area contributed by atoms with Gasteiger partial charge in [0.15, 0.2) is 0 Å². The fraction of sp³-hybridized carbons (Fsp3) is 0. The van der Waals surface area contributed by atoms with Gasteiger partial charge in [0.25, 0.3) is 0 Å². The average Bonchev–Trinajstić information content (AvgIpc) is 0.918. The zero-order chi connectivity index (χ0) is 2.71. The molecule has 18 valence electrons. The normalized spacial score (nSPS) is 2.00. The van der Waals surface area contributed by atoms with Gasteiger partial charge in [0.2, 0.25) is 0 Å². The van der Waals surface area contributed by atoms with Crippen LogP contribution in [0.3, 0.4) is 0 Å². The largest absolute Gasteiger partial charge is 1.00 e. The molecule has 0 saturated heterocycles. The topological polar surface area (TPSA) is 37.3 Å². The Balaban J connectivity index is -0.0000000200. The molecule has 0 fully saturated rings. The third kappa shape index (κ3) is 52.4. The minimum atomic E-state index is -0.250. The summed E-state index contributed by atoms with van der Waals surface area (Å²) >= 11 is 0. The van der Waals surface area contributed by atoms with E-state index in [4.69, 9.17) is 9.73 Å². The summed E-state index contributed by atoms with van der Waals surface area (Å²) in [5, 5.41) is 6.89. The second-order valence-corrected chi connectivity index (χ2v) is 0.105. The van der Waals surface area contributed by atoms with Crippen molar-refractivity contribution in [3.05, 3.63) is 0 Å². The van der Waals surface area contributed by atoms with Gasteiger partial charge >= 0.3 is 35.9 Å². The molecule has 2 nitrogen and oxygen atoms in total. The van der Waals surface area contributed by atoms with Crippen molar-refractivity contribution in [3.8, 4) is 0 Å². The summed E-state index contributed by atoms with van der Waals surface area (Å²) in [6.45, 7) is 0. The van der Waals surface area contributed by atoms with Gasteiger partial charge in [-0.2, -0.15) is 0 Å². The SMILES string of the molecule is O=BO.[H-].[Li+]. The molecule has 0 bridgehead atoms. The van der Waals surface area contributed by atoms with Crippen LogP contribution in [0.1, 0.15) is 1.43 Å². The minimum Gasteiger partial charge on any atom is -1.00 e. The van der Waals surface area contributed by atoms with Crippen molar-refractivity contribution in [2.75, 3.05) is 0 Å². The maximum absolute atomic E-state index is 8.36. The molecule has 0 aromatic carbocycles. The zero-order valence-corrected chi connectivity index (χ0v) is 2.43. The molecule has 0 atom stereocenters. The van der Waals surface area contributed by atoms with Crippen molar-refractivity contribution < 1.29 is 30.0 Å². The van der Waals surface area contributed by atoms with Gasteiger partial charge in [0, 0.05) is 0 Å². The minimum absolute atomic E-state index is 0. The Morgan fingerprint density at radius 2 is 2.00 bits per heavy atom. The van der Waals surface area contributed by atoms with E-state index in [9.17, 15) is 0 Å². The Hall–Kier alpha value is 0.262. The molecule has 0 aliphatic carbocycles. The van der Waals surface area contributed by atoms with E-state index in [2.05, 4.69) is 0 Å². The van der Waals surface area contributed by atoms with E-state index in [0.29, 0.717) is 0 Å². The van der Waals surface area contributed by atoms with Crippen molar-refractivity contribution in [2.45, 2.75) is 0 Å². The maximum atomic E-state index is 8.36. The Bertz CT molecular complexity index is 17.1. The van der Waals surface area contributed by atoms with Crippen LogP contribution in [0.4, 0.5) is 0 Å². The van der Waals surface area contributed by atoms with Gasteiger partial charge in [0.05, 0.1) is 0 Å². The van der Waals surface area contributed by atoms with Crippen LogP contribution in [-0.4, -0.2) is 12.4 Å². The van der Waals surface area contributed by atoms with E-state index >= 15 is 0 Å². The molecule has 0 amide bonds. The fourth-order valence-electron chi connectivity index (χ4n) is 0. The van der Waals surface area contributed by atoms with Crippen LogP contribution in [-0.2, 0) is 4.70 Å². The molecule has 0 aliphatic heterocycles. The third-order valence-electron chi connectivity index (χ3n) is 0. The van der Waals surface area contributed by atoms with Crippen molar-refractivity contribution >= 4 is 7.35 Å². The molecule has 0 saturated carbocycles. The molecule has 0 heterocycles. The van der Waals surface area contributed by atoms with Crippen LogP contribution in [0.5, 0.6) is 0 Å². The van der Waals surface area contributed by atoms with Crippen LogP contribution >= 0.6 is 0 Å². The first-order valence-corrected chi connectivity index (χ1v) is 0.494. The van der Waals surface area contributed by atoms with Crippen LogP contribution in [0.2, 0.25) is 0 Å². The van der Waals surface area contributed by atoms with Crippen molar-refractivity contribution in [2.24, 2.45) is 0 Å². The smallest absolute Gasteiger partial charge is 1.00 e. The predicted molar refractivity (Wildman–Crippen MR) is 9.77 cm³/mol. The average molecular weight is 51.8 g/mol. The maximum Gasteiger partial charge on any atom is 1.00 e. The molecular weight excluding hydrogens is 49.8 g/mol. The first kappa shape index (κ1) is 8.86. The Morgan fingerprint density at radius 3 is 2.00 bits per heavy atom. The molecule has 4 heteroatoms. The predicted octanol–water partition coefficient (Wildman–Crippen LogP) is -3.94. The number of hydrogen-bond donors (Lipinski definition) is 1. The van der Waals surface area contributed by atoms with Crippen LogP contribution < -0.4 is 18.9 Å². The molecule has 4 heavy (non-hydrogen) atoms. The van der Waals surface area contributed by atoms with E-state index in [-0.39, 0.29) is 27.6 Å². The second-order valence-electron chi connectivity index (χ2n) is 0.105. The van der Waals surface area contributed by atoms with E-state index in [1.165, 1.54) is 0 Å². The zero-order valence-electron chi connectivity index (χ0n) is 3.43. The van der Waals surface area contributed by atoms with Gasteiger partial charge in [0.1, 0.15) is 0 Å². The Morgan fingerprint density at radius 1 is 2.00 bits per heavy atom. The molecular formula is H2BLiO2. The van der Waals surface area contributed by atoms with Gasteiger partial charge in [-0.25, -0.2) is 0 Å². The molecule has 1 N–H and O–H groups in total. The van der Waals surface area contributed by atoms with E-state index < -0.39 is 0 Å². The van der Waals surface area contributed by atoms with Crippen molar-refractivity contribution in [3.63, 3.8) is 0 Å². The second kappa shape index (κ2) is 10.5. The molecule has 0 radical (unpaired) electrons. The summed E-state index contributed by atoms with van der Waals surface area (Å²) < 4.78 is 8.36. The summed E-state index contributed by atoms with van der Waals surface area (Å²) in [6.07, 6.45) is 0. The molecule has 0 rings (SSSR count). The summed E-state index contributed by atoms with van der Waals surface area (Å²) in [5.41, 5.74) is 0. The first-order valence-electron chi connectivity index (χ1n) is 0.494. The van der Waals surface area contributed by atoms with Gasteiger partial charge in [-0.1, -0.05) is 0 Å². The summed E-state index contributed by atoms with van der Waals surface area (Å²) in [4.78, 5) is 0. The summed E-state index contributed by atoms with van der Waals surface area (Å²) in [6, 6.07) is 0. The Labute approximate surface area is 38.2 Å². The van der Waals surface area contributed by atoms with Gasteiger partial charge in [-0.05, 0) is 0 Å². The van der Waals surface area contributed by atoms with Gasteiger partial charge < -0.3 is 1.43 Å². The summed E-state index contributed by atoms with van der Waals surface area (Å²) in [7, 11) is -0.250. The van der Waals surface area contributed by atoms with E-state index in [0.717, 1.165) is 0 Å². The van der Waals surface area contributed by atoms with Gasteiger partial charge in [-0.3, -0.25) is 0 Å². The Kier molecular flexibility index (Phi) is 23.2. The molecule has 0 aromatic rings. The fourth-order valence-corrected chi connectivity index (χ4v) is 0. The molecule has 0 unspecified atom stereocenters. The number of rotatable bonds is 0.